The van der Waals surface area contributed by atoms with Gasteiger partial charge >= 0.3 is 0 Å². The Labute approximate surface area is 119 Å². The number of halogens is 1. The van der Waals surface area contributed by atoms with E-state index in [4.69, 9.17) is 17.3 Å². The largest absolute Gasteiger partial charge is 0.355 e. The van der Waals surface area contributed by atoms with Crippen molar-refractivity contribution in [2.45, 2.75) is 25.9 Å². The van der Waals surface area contributed by atoms with Crippen LogP contribution in [0.4, 0.5) is 5.69 Å². The monoisotopic (exact) mass is 281 g/mol. The molecule has 1 saturated heterocycles. The summed E-state index contributed by atoms with van der Waals surface area (Å²) in [7, 11) is 1.84. The van der Waals surface area contributed by atoms with Gasteiger partial charge in [-0.05, 0) is 31.5 Å². The number of likely N-dealkylation sites (N-methyl/N-ethyl adjacent to an activating group) is 1. The molecule has 0 unspecified atom stereocenters. The molecule has 1 aromatic carbocycles. The van der Waals surface area contributed by atoms with E-state index < -0.39 is 5.54 Å². The summed E-state index contributed by atoms with van der Waals surface area (Å²) in [5.74, 6) is 0.113. The average molecular weight is 282 g/mol. The zero-order chi connectivity index (χ0) is 14.2. The number of benzene rings is 1. The lowest BCUT2D eigenvalue weighted by molar-refractivity contribution is -0.136. The number of nitrogens with two attached hydrogens (primary N) is 1. The number of carbonyl (C=O) groups is 1. The molecule has 2 rings (SSSR count). The van der Waals surface area contributed by atoms with Crippen LogP contribution in [-0.2, 0) is 11.3 Å². The van der Waals surface area contributed by atoms with E-state index in [1.165, 1.54) is 0 Å². The van der Waals surface area contributed by atoms with Crippen LogP contribution in [-0.4, -0.2) is 36.5 Å². The Bertz CT molecular complexity index is 501. The molecule has 1 amide bonds. The van der Waals surface area contributed by atoms with Gasteiger partial charge in [0.25, 0.3) is 0 Å². The van der Waals surface area contributed by atoms with Crippen molar-refractivity contribution < 1.29 is 4.79 Å². The number of rotatable bonds is 2. The molecule has 19 heavy (non-hydrogen) atoms. The highest BCUT2D eigenvalue weighted by molar-refractivity contribution is 6.30. The fourth-order valence-corrected chi connectivity index (χ4v) is 2.76. The van der Waals surface area contributed by atoms with Crippen LogP contribution in [0.1, 0.15) is 19.4 Å². The Morgan fingerprint density at radius 2 is 2.05 bits per heavy atom. The molecule has 1 aliphatic heterocycles. The van der Waals surface area contributed by atoms with Crippen LogP contribution in [0.25, 0.3) is 0 Å². The van der Waals surface area contributed by atoms with E-state index in [0.717, 1.165) is 17.8 Å². The van der Waals surface area contributed by atoms with Gasteiger partial charge in [-0.1, -0.05) is 17.7 Å². The maximum absolute atomic E-state index is 12.3. The van der Waals surface area contributed by atoms with Crippen LogP contribution >= 0.6 is 11.6 Å². The summed E-state index contributed by atoms with van der Waals surface area (Å²) in [5, 5.41) is 0.661. The van der Waals surface area contributed by atoms with Gasteiger partial charge in [-0.3, -0.25) is 4.79 Å². The molecule has 4 nitrogen and oxygen atoms in total. The SMILES string of the molecule is CN1CCN(c2cc(Cl)ccc2CN)C(C)(C)C1=O. The van der Waals surface area contributed by atoms with Gasteiger partial charge in [0.2, 0.25) is 5.91 Å². The van der Waals surface area contributed by atoms with Crippen molar-refractivity contribution in [1.29, 1.82) is 0 Å². The minimum absolute atomic E-state index is 0.113. The highest BCUT2D eigenvalue weighted by Gasteiger charge is 2.41. The molecule has 0 atom stereocenters. The maximum Gasteiger partial charge on any atom is 0.247 e. The fourth-order valence-electron chi connectivity index (χ4n) is 2.60. The first-order chi connectivity index (χ1) is 8.87. The first kappa shape index (κ1) is 14.2. The molecule has 0 aliphatic carbocycles. The normalized spacial score (nSPS) is 18.9. The molecule has 0 aromatic heterocycles. The van der Waals surface area contributed by atoms with Crippen molar-refractivity contribution in [3.05, 3.63) is 28.8 Å². The molecule has 5 heteroatoms. The Balaban J connectivity index is 2.46. The first-order valence-electron chi connectivity index (χ1n) is 6.39. The zero-order valence-corrected chi connectivity index (χ0v) is 12.4. The van der Waals surface area contributed by atoms with Crippen LogP contribution in [0.3, 0.4) is 0 Å². The molecule has 1 aliphatic rings. The average Bonchev–Trinajstić information content (AvgIpc) is 2.36. The maximum atomic E-state index is 12.3. The second-order valence-electron chi connectivity index (χ2n) is 5.41. The highest BCUT2D eigenvalue weighted by atomic mass is 35.5. The van der Waals surface area contributed by atoms with Crippen molar-refractivity contribution in [1.82, 2.24) is 4.90 Å². The van der Waals surface area contributed by atoms with Gasteiger partial charge in [-0.2, -0.15) is 0 Å². The summed E-state index contributed by atoms with van der Waals surface area (Å²) in [5.41, 5.74) is 7.18. The lowest BCUT2D eigenvalue weighted by Crippen LogP contribution is -2.62. The third-order valence-electron chi connectivity index (χ3n) is 3.76. The summed E-state index contributed by atoms with van der Waals surface area (Å²) in [4.78, 5) is 16.2. The van der Waals surface area contributed by atoms with Crippen LogP contribution in [0.5, 0.6) is 0 Å². The van der Waals surface area contributed by atoms with Crippen LogP contribution in [0.15, 0.2) is 18.2 Å². The van der Waals surface area contributed by atoms with Gasteiger partial charge < -0.3 is 15.5 Å². The van der Waals surface area contributed by atoms with Crippen molar-refractivity contribution >= 4 is 23.2 Å². The highest BCUT2D eigenvalue weighted by Crippen LogP contribution is 2.32. The number of hydrogen-bond donors (Lipinski definition) is 1. The van der Waals surface area contributed by atoms with Crippen LogP contribution in [0, 0.1) is 0 Å². The number of amides is 1. The number of carbonyl (C=O) groups excluding carboxylic acids is 1. The lowest BCUT2D eigenvalue weighted by Gasteiger charge is -2.46. The van der Waals surface area contributed by atoms with Crippen LogP contribution in [0.2, 0.25) is 5.02 Å². The molecular formula is C14H20ClN3O. The Morgan fingerprint density at radius 1 is 1.37 bits per heavy atom. The van der Waals surface area contributed by atoms with Crippen LogP contribution < -0.4 is 10.6 Å². The third-order valence-corrected chi connectivity index (χ3v) is 4.00. The standard InChI is InChI=1S/C14H20ClN3O/c1-14(2)13(19)17(3)6-7-18(14)12-8-11(15)5-4-10(12)9-16/h4-5,8H,6-7,9,16H2,1-3H3. The molecule has 2 N–H and O–H groups in total. The van der Waals surface area contributed by atoms with Crippen molar-refractivity contribution in [3.8, 4) is 0 Å². The van der Waals surface area contributed by atoms with E-state index in [9.17, 15) is 4.79 Å². The molecular weight excluding hydrogens is 262 g/mol. The van der Waals surface area contributed by atoms with Gasteiger partial charge in [0.05, 0.1) is 0 Å². The van der Waals surface area contributed by atoms with Crippen molar-refractivity contribution in [2.75, 3.05) is 25.0 Å². The minimum atomic E-state index is -0.582. The van der Waals surface area contributed by atoms with Crippen molar-refractivity contribution in [3.63, 3.8) is 0 Å². The van der Waals surface area contributed by atoms with Gasteiger partial charge in [0.15, 0.2) is 0 Å². The molecule has 0 spiro atoms. The predicted molar refractivity (Wildman–Crippen MR) is 78.4 cm³/mol. The second-order valence-corrected chi connectivity index (χ2v) is 5.85. The molecule has 0 radical (unpaired) electrons. The number of anilines is 1. The quantitative estimate of drug-likeness (QED) is 0.900. The van der Waals surface area contributed by atoms with E-state index in [1.807, 2.05) is 39.1 Å². The number of nitrogens with zero attached hydrogens (tertiary/aromatic N) is 2. The van der Waals surface area contributed by atoms with Gasteiger partial charge in [-0.25, -0.2) is 0 Å². The summed E-state index contributed by atoms with van der Waals surface area (Å²) >= 11 is 6.09. The van der Waals surface area contributed by atoms with Crippen molar-refractivity contribution in [2.24, 2.45) is 5.73 Å². The first-order valence-corrected chi connectivity index (χ1v) is 6.77. The molecule has 104 valence electrons. The Kier molecular flexibility index (Phi) is 3.74. The van der Waals surface area contributed by atoms with Gasteiger partial charge in [0.1, 0.15) is 5.54 Å². The van der Waals surface area contributed by atoms with E-state index in [2.05, 4.69) is 4.90 Å². The van der Waals surface area contributed by atoms with E-state index in [-0.39, 0.29) is 5.91 Å². The molecule has 0 bridgehead atoms. The lowest BCUT2D eigenvalue weighted by atomic mass is 9.95. The summed E-state index contributed by atoms with van der Waals surface area (Å²) in [6.07, 6.45) is 0. The smallest absolute Gasteiger partial charge is 0.247 e. The topological polar surface area (TPSA) is 49.6 Å². The van der Waals surface area contributed by atoms with E-state index in [0.29, 0.717) is 18.1 Å². The molecule has 1 fully saturated rings. The van der Waals surface area contributed by atoms with Gasteiger partial charge in [-0.15, -0.1) is 0 Å². The summed E-state index contributed by atoms with van der Waals surface area (Å²) < 4.78 is 0. The number of piperazine rings is 1. The third kappa shape index (κ3) is 2.42. The summed E-state index contributed by atoms with van der Waals surface area (Å²) in [6.45, 7) is 5.79. The molecule has 1 aromatic rings. The Hall–Kier alpha value is -1.26. The Morgan fingerprint density at radius 3 is 2.68 bits per heavy atom. The molecule has 0 saturated carbocycles. The summed E-state index contributed by atoms with van der Waals surface area (Å²) in [6, 6.07) is 5.65. The zero-order valence-electron chi connectivity index (χ0n) is 11.6. The predicted octanol–water partition coefficient (Wildman–Crippen LogP) is 1.86. The fraction of sp³-hybridized carbons (Fsp3) is 0.500. The van der Waals surface area contributed by atoms with Gasteiger partial charge in [0, 0.05) is 37.4 Å². The van der Waals surface area contributed by atoms with E-state index >= 15 is 0 Å². The minimum Gasteiger partial charge on any atom is -0.355 e. The second kappa shape index (κ2) is 5.02. The van der Waals surface area contributed by atoms with E-state index in [1.54, 1.807) is 4.90 Å². The number of hydrogen-bond acceptors (Lipinski definition) is 3. The molecule has 1 heterocycles.